The van der Waals surface area contributed by atoms with E-state index in [1.807, 2.05) is 4.90 Å². The van der Waals surface area contributed by atoms with Gasteiger partial charge in [-0.05, 0) is 12.8 Å². The van der Waals surface area contributed by atoms with Gasteiger partial charge in [-0.2, -0.15) is 0 Å². The Morgan fingerprint density at radius 2 is 1.73 bits per heavy atom. The van der Waals surface area contributed by atoms with Crippen molar-refractivity contribution in [3.8, 4) is 0 Å². The van der Waals surface area contributed by atoms with Crippen molar-refractivity contribution in [2.24, 2.45) is 0 Å². The highest BCUT2D eigenvalue weighted by molar-refractivity contribution is 6.57. The molecule has 1 saturated heterocycles. The van der Waals surface area contributed by atoms with Crippen LogP contribution in [0.3, 0.4) is 0 Å². The molecule has 2 aliphatic rings. The Balaban J connectivity index is 2.37. The van der Waals surface area contributed by atoms with Crippen molar-refractivity contribution in [2.75, 3.05) is 13.1 Å². The van der Waals surface area contributed by atoms with Gasteiger partial charge in [-0.3, -0.25) is 9.59 Å². The molecule has 0 aromatic rings. The molecular weight excluding hydrogens is 237 g/mol. The first-order chi connectivity index (χ1) is 7.11. The van der Waals surface area contributed by atoms with Crippen LogP contribution >= 0.6 is 23.2 Å². The third kappa shape index (κ3) is 1.82. The highest BCUT2D eigenvalue weighted by atomic mass is 35.5. The van der Waals surface area contributed by atoms with E-state index in [0.29, 0.717) is 5.70 Å². The van der Waals surface area contributed by atoms with Crippen molar-refractivity contribution >= 4 is 34.8 Å². The second-order valence-corrected chi connectivity index (χ2v) is 4.33. The van der Waals surface area contributed by atoms with Crippen molar-refractivity contribution in [3.63, 3.8) is 0 Å². The second kappa shape index (κ2) is 3.99. The summed E-state index contributed by atoms with van der Waals surface area (Å²) in [6.07, 6.45) is 3.18. The quantitative estimate of drug-likeness (QED) is 0.662. The minimum Gasteiger partial charge on any atom is -0.367 e. The Labute approximate surface area is 97.3 Å². The Hall–Kier alpha value is -0.800. The van der Waals surface area contributed by atoms with Crippen LogP contribution in [0.1, 0.15) is 12.8 Å². The normalized spacial score (nSPS) is 22.5. The van der Waals surface area contributed by atoms with E-state index in [2.05, 4.69) is 0 Å². The van der Waals surface area contributed by atoms with E-state index in [0.717, 1.165) is 32.0 Å². The van der Waals surface area contributed by atoms with Crippen molar-refractivity contribution in [3.05, 3.63) is 21.8 Å². The molecule has 3 nitrogen and oxygen atoms in total. The lowest BCUT2D eigenvalue weighted by Crippen LogP contribution is -2.28. The summed E-state index contributed by atoms with van der Waals surface area (Å²) in [5.74, 6) is -0.730. The van der Waals surface area contributed by atoms with Crippen LogP contribution in [0.25, 0.3) is 0 Å². The van der Waals surface area contributed by atoms with Crippen LogP contribution in [0.5, 0.6) is 0 Å². The summed E-state index contributed by atoms with van der Waals surface area (Å²) >= 11 is 11.4. The summed E-state index contributed by atoms with van der Waals surface area (Å²) in [6, 6.07) is 0. The summed E-state index contributed by atoms with van der Waals surface area (Å²) in [5.41, 5.74) is 0.309. The zero-order chi connectivity index (χ0) is 11.0. The highest BCUT2D eigenvalue weighted by Crippen LogP contribution is 2.28. The Bertz CT molecular complexity index is 392. The monoisotopic (exact) mass is 245 g/mol. The maximum absolute atomic E-state index is 11.7. The number of ketones is 2. The van der Waals surface area contributed by atoms with Crippen molar-refractivity contribution in [1.82, 2.24) is 4.90 Å². The molecule has 1 fully saturated rings. The molecule has 5 heteroatoms. The van der Waals surface area contributed by atoms with Gasteiger partial charge in [0.05, 0.1) is 5.03 Å². The minimum atomic E-state index is -0.458. The number of nitrogens with zero attached hydrogens (tertiary/aromatic N) is 1. The highest BCUT2D eigenvalue weighted by Gasteiger charge is 2.31. The zero-order valence-electron chi connectivity index (χ0n) is 7.93. The van der Waals surface area contributed by atoms with Gasteiger partial charge in [-0.1, -0.05) is 23.2 Å². The third-order valence-corrected chi connectivity index (χ3v) is 3.17. The lowest BCUT2D eigenvalue weighted by molar-refractivity contribution is -0.116. The van der Waals surface area contributed by atoms with Crippen LogP contribution in [-0.4, -0.2) is 29.6 Å². The molecule has 0 aromatic carbocycles. The summed E-state index contributed by atoms with van der Waals surface area (Å²) in [5, 5.41) is -0.151. The molecule has 15 heavy (non-hydrogen) atoms. The molecule has 0 radical (unpaired) electrons. The molecule has 2 rings (SSSR count). The summed E-state index contributed by atoms with van der Waals surface area (Å²) in [6.45, 7) is 1.55. The molecule has 0 amide bonds. The van der Waals surface area contributed by atoms with E-state index in [4.69, 9.17) is 23.2 Å². The average molecular weight is 246 g/mol. The second-order valence-electron chi connectivity index (χ2n) is 3.54. The molecule has 0 bridgehead atoms. The lowest BCUT2D eigenvalue weighted by Gasteiger charge is -2.22. The first-order valence-corrected chi connectivity index (χ1v) is 5.48. The average Bonchev–Trinajstić information content (AvgIpc) is 2.68. The molecule has 1 aliphatic carbocycles. The predicted molar refractivity (Wildman–Crippen MR) is 57.6 cm³/mol. The number of likely N-dealkylation sites (tertiary alicyclic amines) is 1. The fourth-order valence-corrected chi connectivity index (χ4v) is 2.36. The number of halogens is 2. The Morgan fingerprint density at radius 3 is 2.33 bits per heavy atom. The number of hydrogen-bond donors (Lipinski definition) is 0. The van der Waals surface area contributed by atoms with Crippen molar-refractivity contribution in [1.29, 1.82) is 0 Å². The van der Waals surface area contributed by atoms with Crippen LogP contribution < -0.4 is 0 Å². The number of Topliss-reactive ketones (excluding diaryl/α,β-unsaturated/α-hetero) is 1. The molecule has 0 aromatic heterocycles. The molecule has 0 saturated carbocycles. The van der Waals surface area contributed by atoms with Gasteiger partial charge in [0.25, 0.3) is 0 Å². The van der Waals surface area contributed by atoms with E-state index in [-0.39, 0.29) is 15.8 Å². The van der Waals surface area contributed by atoms with Crippen molar-refractivity contribution < 1.29 is 9.59 Å². The minimum absolute atomic E-state index is 0.0469. The summed E-state index contributed by atoms with van der Waals surface area (Å²) in [4.78, 5) is 25.0. The molecule has 0 unspecified atom stereocenters. The van der Waals surface area contributed by atoms with Gasteiger partial charge in [0.1, 0.15) is 10.7 Å². The first kappa shape index (κ1) is 10.7. The molecule has 1 aliphatic heterocycles. The Kier molecular flexibility index (Phi) is 2.85. The Morgan fingerprint density at radius 1 is 1.13 bits per heavy atom. The smallest absolute Gasteiger partial charge is 0.218 e. The molecule has 0 N–H and O–H groups in total. The molecule has 0 spiro atoms. The maximum atomic E-state index is 11.7. The van der Waals surface area contributed by atoms with E-state index >= 15 is 0 Å². The van der Waals surface area contributed by atoms with Gasteiger partial charge in [0, 0.05) is 19.2 Å². The first-order valence-electron chi connectivity index (χ1n) is 4.72. The van der Waals surface area contributed by atoms with E-state index < -0.39 is 5.78 Å². The van der Waals surface area contributed by atoms with Crippen LogP contribution in [0.2, 0.25) is 0 Å². The van der Waals surface area contributed by atoms with Gasteiger partial charge in [0.2, 0.25) is 11.6 Å². The van der Waals surface area contributed by atoms with Gasteiger partial charge < -0.3 is 4.90 Å². The predicted octanol–water partition coefficient (Wildman–Crippen LogP) is 1.81. The number of hydrogen-bond acceptors (Lipinski definition) is 3. The largest absolute Gasteiger partial charge is 0.367 e. The maximum Gasteiger partial charge on any atom is 0.218 e. The number of carbonyl (C=O) groups excluding carboxylic acids is 2. The van der Waals surface area contributed by atoms with Gasteiger partial charge >= 0.3 is 0 Å². The van der Waals surface area contributed by atoms with Gasteiger partial charge in [-0.15, -0.1) is 0 Å². The van der Waals surface area contributed by atoms with Crippen molar-refractivity contribution in [2.45, 2.75) is 12.8 Å². The van der Waals surface area contributed by atoms with Crippen LogP contribution in [0, 0.1) is 0 Å². The topological polar surface area (TPSA) is 37.4 Å². The fourth-order valence-electron chi connectivity index (χ4n) is 1.80. The van der Waals surface area contributed by atoms with E-state index in [1.54, 1.807) is 0 Å². The SMILES string of the molecule is O=C1C=C(Cl)C(=O)C(Cl)=C1N1CCCC1. The zero-order valence-corrected chi connectivity index (χ0v) is 9.44. The van der Waals surface area contributed by atoms with Crippen LogP contribution in [0.4, 0.5) is 0 Å². The standard InChI is InChI=1S/C10H9Cl2NO2/c11-6-5-7(14)9(8(12)10(6)15)13-3-1-2-4-13/h5H,1-4H2. The number of carbonyl (C=O) groups is 2. The molecular formula is C10H9Cl2NO2. The third-order valence-electron chi connectivity index (χ3n) is 2.54. The number of rotatable bonds is 1. The summed E-state index contributed by atoms with van der Waals surface area (Å²) in [7, 11) is 0. The van der Waals surface area contributed by atoms with E-state index in [9.17, 15) is 9.59 Å². The number of allylic oxidation sites excluding steroid dienone is 3. The molecule has 1 heterocycles. The van der Waals surface area contributed by atoms with Crippen LogP contribution in [0.15, 0.2) is 21.8 Å². The molecule has 80 valence electrons. The van der Waals surface area contributed by atoms with Gasteiger partial charge in [0.15, 0.2) is 0 Å². The summed E-state index contributed by atoms with van der Waals surface area (Å²) < 4.78 is 0. The van der Waals surface area contributed by atoms with E-state index in [1.165, 1.54) is 0 Å². The fraction of sp³-hybridized carbons (Fsp3) is 0.400. The lowest BCUT2D eigenvalue weighted by atomic mass is 10.1. The van der Waals surface area contributed by atoms with Crippen LogP contribution in [-0.2, 0) is 9.59 Å². The van der Waals surface area contributed by atoms with Gasteiger partial charge in [-0.25, -0.2) is 0 Å². The molecule has 0 atom stereocenters.